The van der Waals surface area contributed by atoms with Crippen molar-refractivity contribution in [2.24, 2.45) is 0 Å². The van der Waals surface area contributed by atoms with Gasteiger partial charge < -0.3 is 19.7 Å². The van der Waals surface area contributed by atoms with Crippen molar-refractivity contribution in [3.05, 3.63) is 5.89 Å². The van der Waals surface area contributed by atoms with Crippen LogP contribution < -0.4 is 10.2 Å². The van der Waals surface area contributed by atoms with Crippen molar-refractivity contribution in [2.75, 3.05) is 25.1 Å². The summed E-state index contributed by atoms with van der Waals surface area (Å²) >= 11 is 0. The summed E-state index contributed by atoms with van der Waals surface area (Å²) < 4.78 is 5.58. The van der Waals surface area contributed by atoms with E-state index in [0.29, 0.717) is 24.5 Å². The lowest BCUT2D eigenvalue weighted by molar-refractivity contribution is 0.297. The molecule has 2 rings (SSSR count). The summed E-state index contributed by atoms with van der Waals surface area (Å²) in [5.74, 6) is 0.584. The Labute approximate surface area is 94.7 Å². The van der Waals surface area contributed by atoms with Crippen molar-refractivity contribution in [1.82, 2.24) is 15.5 Å². The summed E-state index contributed by atoms with van der Waals surface area (Å²) in [7, 11) is 1.85. The van der Waals surface area contributed by atoms with Gasteiger partial charge in [-0.05, 0) is 26.8 Å². The third-order valence-electron chi connectivity index (χ3n) is 2.81. The first-order valence-electron chi connectivity index (χ1n) is 5.64. The summed E-state index contributed by atoms with van der Waals surface area (Å²) in [6.07, 6.45) is 2.28. The van der Waals surface area contributed by atoms with E-state index in [0.717, 1.165) is 12.8 Å². The van der Waals surface area contributed by atoms with Gasteiger partial charge in [0.05, 0.1) is 12.6 Å². The van der Waals surface area contributed by atoms with Crippen LogP contribution in [0, 0.1) is 0 Å². The van der Waals surface area contributed by atoms with E-state index < -0.39 is 0 Å². The number of rotatable bonds is 6. The second-order valence-corrected chi connectivity index (χ2v) is 4.08. The van der Waals surface area contributed by atoms with Gasteiger partial charge in [0.2, 0.25) is 5.89 Å². The number of nitrogens with zero attached hydrogens (tertiary/aromatic N) is 3. The molecule has 1 aromatic heterocycles. The molecule has 16 heavy (non-hydrogen) atoms. The van der Waals surface area contributed by atoms with Gasteiger partial charge in [0.15, 0.2) is 0 Å². The summed E-state index contributed by atoms with van der Waals surface area (Å²) in [6.45, 7) is 2.63. The summed E-state index contributed by atoms with van der Waals surface area (Å²) in [6, 6.07) is 1.04. The van der Waals surface area contributed by atoms with Crippen LogP contribution >= 0.6 is 0 Å². The van der Waals surface area contributed by atoms with Crippen LogP contribution in [0.3, 0.4) is 0 Å². The number of hydrogen-bond donors (Lipinski definition) is 2. The topological polar surface area (TPSA) is 74.4 Å². The molecule has 0 saturated heterocycles. The molecule has 2 N–H and O–H groups in total. The lowest BCUT2D eigenvalue weighted by Gasteiger charge is -2.17. The minimum absolute atomic E-state index is 0.0522. The molecule has 0 amide bonds. The molecular formula is C10H18N4O2. The largest absolute Gasteiger partial charge is 0.406 e. The zero-order valence-electron chi connectivity index (χ0n) is 9.68. The fraction of sp³-hybridized carbons (Fsp3) is 0.800. The van der Waals surface area contributed by atoms with Crippen LogP contribution in [-0.4, -0.2) is 41.5 Å². The minimum Gasteiger partial charge on any atom is -0.406 e. The van der Waals surface area contributed by atoms with Gasteiger partial charge >= 0.3 is 6.01 Å². The molecule has 1 fully saturated rings. The Hall–Kier alpha value is -1.14. The van der Waals surface area contributed by atoms with Crippen LogP contribution in [-0.2, 0) is 0 Å². The summed E-state index contributed by atoms with van der Waals surface area (Å²) in [4.78, 5) is 1.98. The fourth-order valence-electron chi connectivity index (χ4n) is 1.57. The van der Waals surface area contributed by atoms with E-state index in [4.69, 9.17) is 9.52 Å². The molecule has 0 radical (unpaired) electrons. The van der Waals surface area contributed by atoms with Gasteiger partial charge in [-0.1, -0.05) is 5.10 Å². The number of hydrogen-bond acceptors (Lipinski definition) is 6. The highest BCUT2D eigenvalue weighted by Gasteiger charge is 2.32. The number of aliphatic hydroxyl groups is 1. The number of aliphatic hydroxyl groups excluding tert-OH is 1. The molecule has 1 atom stereocenters. The van der Waals surface area contributed by atoms with Gasteiger partial charge in [-0.25, -0.2) is 0 Å². The molecule has 0 aliphatic heterocycles. The zero-order valence-corrected chi connectivity index (χ0v) is 9.68. The maximum Gasteiger partial charge on any atom is 0.318 e. The lowest BCUT2D eigenvalue weighted by Crippen LogP contribution is -2.29. The molecule has 1 heterocycles. The first kappa shape index (κ1) is 11.3. The first-order chi connectivity index (χ1) is 7.76. The highest BCUT2D eigenvalue weighted by molar-refractivity contribution is 5.29. The van der Waals surface area contributed by atoms with Crippen molar-refractivity contribution in [1.29, 1.82) is 0 Å². The summed E-state index contributed by atoms with van der Waals surface area (Å²) in [5.41, 5.74) is 0. The fourth-order valence-corrected chi connectivity index (χ4v) is 1.57. The molecule has 0 aromatic carbocycles. The maximum atomic E-state index is 8.99. The minimum atomic E-state index is 0.0522. The van der Waals surface area contributed by atoms with Crippen molar-refractivity contribution < 1.29 is 9.52 Å². The molecule has 1 aliphatic carbocycles. The van der Waals surface area contributed by atoms with Crippen molar-refractivity contribution in [3.63, 3.8) is 0 Å². The Kier molecular flexibility index (Phi) is 3.40. The van der Waals surface area contributed by atoms with Crippen LogP contribution in [0.2, 0.25) is 0 Å². The number of nitrogens with one attached hydrogen (secondary N) is 1. The third-order valence-corrected chi connectivity index (χ3v) is 2.81. The van der Waals surface area contributed by atoms with Crippen LogP contribution in [0.1, 0.15) is 31.7 Å². The molecule has 6 heteroatoms. The monoisotopic (exact) mass is 226 g/mol. The second kappa shape index (κ2) is 4.80. The SMILES string of the molecule is CNC(C)c1nnc(N(CCO)C2CC2)o1. The van der Waals surface area contributed by atoms with E-state index in [9.17, 15) is 0 Å². The lowest BCUT2D eigenvalue weighted by atomic mass is 10.3. The Balaban J connectivity index is 2.09. The third kappa shape index (κ3) is 2.33. The predicted octanol–water partition coefficient (Wildman–Crippen LogP) is 0.311. The Morgan fingerprint density at radius 2 is 2.31 bits per heavy atom. The molecule has 90 valence electrons. The average Bonchev–Trinajstić information content (AvgIpc) is 3.02. The average molecular weight is 226 g/mol. The standard InChI is InChI=1S/C10H18N4O2/c1-7(11-2)9-12-13-10(16-9)14(5-6-15)8-3-4-8/h7-8,11,15H,3-6H2,1-2H3. The highest BCUT2D eigenvalue weighted by Crippen LogP contribution is 2.31. The van der Waals surface area contributed by atoms with Crippen LogP contribution in [0.5, 0.6) is 0 Å². The molecule has 0 bridgehead atoms. The van der Waals surface area contributed by atoms with E-state index in [1.807, 2.05) is 18.9 Å². The van der Waals surface area contributed by atoms with Crippen molar-refractivity contribution in [3.8, 4) is 0 Å². The van der Waals surface area contributed by atoms with Crippen molar-refractivity contribution in [2.45, 2.75) is 31.8 Å². The second-order valence-electron chi connectivity index (χ2n) is 4.08. The smallest absolute Gasteiger partial charge is 0.318 e. The summed E-state index contributed by atoms with van der Waals surface area (Å²) in [5, 5.41) is 20.1. The van der Waals surface area contributed by atoms with Crippen LogP contribution in [0.25, 0.3) is 0 Å². The number of aromatic nitrogens is 2. The maximum absolute atomic E-state index is 8.99. The van der Waals surface area contributed by atoms with Gasteiger partial charge in [0.1, 0.15) is 0 Å². The Morgan fingerprint density at radius 3 is 2.88 bits per heavy atom. The van der Waals surface area contributed by atoms with Gasteiger partial charge in [0.25, 0.3) is 0 Å². The molecule has 1 aliphatic rings. The normalized spacial score (nSPS) is 17.4. The first-order valence-corrected chi connectivity index (χ1v) is 5.64. The van der Waals surface area contributed by atoms with E-state index >= 15 is 0 Å². The quantitative estimate of drug-likeness (QED) is 0.727. The molecular weight excluding hydrogens is 208 g/mol. The van der Waals surface area contributed by atoms with Crippen molar-refractivity contribution >= 4 is 6.01 Å². The van der Waals surface area contributed by atoms with Gasteiger partial charge in [0, 0.05) is 12.6 Å². The Bertz CT molecular complexity index is 337. The van der Waals surface area contributed by atoms with Gasteiger partial charge in [-0.2, -0.15) is 0 Å². The van der Waals surface area contributed by atoms with E-state index in [-0.39, 0.29) is 12.6 Å². The van der Waals surface area contributed by atoms with E-state index in [2.05, 4.69) is 15.5 Å². The molecule has 0 spiro atoms. The molecule has 6 nitrogen and oxygen atoms in total. The number of anilines is 1. The van der Waals surface area contributed by atoms with E-state index in [1.165, 1.54) is 0 Å². The van der Waals surface area contributed by atoms with Crippen LogP contribution in [0.4, 0.5) is 6.01 Å². The highest BCUT2D eigenvalue weighted by atomic mass is 16.4. The van der Waals surface area contributed by atoms with Gasteiger partial charge in [-0.3, -0.25) is 0 Å². The van der Waals surface area contributed by atoms with E-state index in [1.54, 1.807) is 0 Å². The zero-order chi connectivity index (χ0) is 11.5. The molecule has 1 unspecified atom stereocenters. The molecule has 1 aromatic rings. The molecule has 1 saturated carbocycles. The predicted molar refractivity (Wildman–Crippen MR) is 59.2 cm³/mol. The van der Waals surface area contributed by atoms with Crippen LogP contribution in [0.15, 0.2) is 4.42 Å². The Morgan fingerprint density at radius 1 is 1.56 bits per heavy atom. The van der Waals surface area contributed by atoms with Gasteiger partial charge in [-0.15, -0.1) is 5.10 Å².